The molecule has 2 fully saturated rings. The number of ether oxygens (including phenoxy) is 1. The van der Waals surface area contributed by atoms with E-state index in [0.717, 1.165) is 17.6 Å². The average molecular weight is 228 g/mol. The average Bonchev–Trinajstić information content (AvgIpc) is 2.72. The van der Waals surface area contributed by atoms with E-state index in [1.807, 2.05) is 11.8 Å². The molecule has 0 aromatic heterocycles. The third kappa shape index (κ3) is 2.88. The number of rotatable bonds is 3. The van der Waals surface area contributed by atoms with Gasteiger partial charge in [0, 0.05) is 18.9 Å². The van der Waals surface area contributed by atoms with E-state index in [2.05, 4.69) is 17.2 Å². The second kappa shape index (κ2) is 5.21. The van der Waals surface area contributed by atoms with Crippen LogP contribution < -0.4 is 5.32 Å². The standard InChI is InChI=1S/C11H20N2OS/c1-8(14-2)6-12-11-13-10-5-3-4-9(10)7-15-11/h8-10H,3-7H2,1-2H3,(H,12,13). The fraction of sp³-hybridized carbons (Fsp3) is 0.909. The quantitative estimate of drug-likeness (QED) is 0.801. The Morgan fingerprint density at radius 1 is 1.60 bits per heavy atom. The van der Waals surface area contributed by atoms with Gasteiger partial charge in [0.2, 0.25) is 0 Å². The zero-order valence-electron chi connectivity index (χ0n) is 9.53. The van der Waals surface area contributed by atoms with E-state index in [1.165, 1.54) is 25.0 Å². The van der Waals surface area contributed by atoms with E-state index < -0.39 is 0 Å². The Hall–Kier alpha value is -0.220. The summed E-state index contributed by atoms with van der Waals surface area (Å²) in [5, 5.41) is 4.68. The molecule has 3 nitrogen and oxygen atoms in total. The van der Waals surface area contributed by atoms with Crippen molar-refractivity contribution in [2.75, 3.05) is 19.4 Å². The van der Waals surface area contributed by atoms with Gasteiger partial charge in [-0.3, -0.25) is 4.99 Å². The molecule has 0 radical (unpaired) electrons. The monoisotopic (exact) mass is 228 g/mol. The normalized spacial score (nSPS) is 34.9. The molecule has 0 aromatic carbocycles. The minimum Gasteiger partial charge on any atom is -0.380 e. The number of thioether (sulfide) groups is 1. The van der Waals surface area contributed by atoms with Crippen LogP contribution in [0.5, 0.6) is 0 Å². The molecule has 1 N–H and O–H groups in total. The number of fused-ring (bicyclic) bond motifs is 1. The molecule has 1 aliphatic heterocycles. The van der Waals surface area contributed by atoms with Crippen LogP contribution in [-0.4, -0.2) is 36.7 Å². The SMILES string of the molecule is COC(C)CN=C1NC2CCCC2CS1. The fourth-order valence-corrected chi connectivity index (χ4v) is 3.36. The lowest BCUT2D eigenvalue weighted by Crippen LogP contribution is -2.41. The Morgan fingerprint density at radius 2 is 2.47 bits per heavy atom. The lowest BCUT2D eigenvalue weighted by Gasteiger charge is -2.28. The van der Waals surface area contributed by atoms with Crippen LogP contribution in [0, 0.1) is 5.92 Å². The Labute approximate surface area is 96.1 Å². The van der Waals surface area contributed by atoms with E-state index in [1.54, 1.807) is 7.11 Å². The molecule has 1 heterocycles. The van der Waals surface area contributed by atoms with Gasteiger partial charge in [-0.2, -0.15) is 0 Å². The number of nitrogens with one attached hydrogen (secondary N) is 1. The molecule has 0 aromatic rings. The van der Waals surface area contributed by atoms with Crippen molar-refractivity contribution < 1.29 is 4.74 Å². The summed E-state index contributed by atoms with van der Waals surface area (Å²) in [6.45, 7) is 2.82. The van der Waals surface area contributed by atoms with Gasteiger partial charge in [0.05, 0.1) is 12.6 Å². The zero-order valence-corrected chi connectivity index (χ0v) is 10.3. The predicted molar refractivity (Wildman–Crippen MR) is 65.5 cm³/mol. The van der Waals surface area contributed by atoms with E-state index in [4.69, 9.17) is 4.74 Å². The third-order valence-electron chi connectivity index (χ3n) is 3.30. The van der Waals surface area contributed by atoms with Crippen LogP contribution in [0.1, 0.15) is 26.2 Å². The van der Waals surface area contributed by atoms with Gasteiger partial charge in [-0.15, -0.1) is 0 Å². The highest BCUT2D eigenvalue weighted by Crippen LogP contribution is 2.32. The van der Waals surface area contributed by atoms with Gasteiger partial charge in [0.15, 0.2) is 5.17 Å². The predicted octanol–water partition coefficient (Wildman–Crippen LogP) is 1.88. The lowest BCUT2D eigenvalue weighted by atomic mass is 10.1. The van der Waals surface area contributed by atoms with Gasteiger partial charge in [-0.1, -0.05) is 18.2 Å². The summed E-state index contributed by atoms with van der Waals surface area (Å²) in [7, 11) is 1.74. The topological polar surface area (TPSA) is 33.6 Å². The first-order chi connectivity index (χ1) is 7.29. The Bertz CT molecular complexity index is 245. The van der Waals surface area contributed by atoms with Gasteiger partial charge < -0.3 is 10.1 Å². The molecular weight excluding hydrogens is 208 g/mol. The first kappa shape index (κ1) is 11.3. The zero-order chi connectivity index (χ0) is 10.7. The summed E-state index contributed by atoms with van der Waals surface area (Å²) in [6, 6.07) is 0.697. The highest BCUT2D eigenvalue weighted by Gasteiger charge is 2.31. The minimum absolute atomic E-state index is 0.223. The second-order valence-corrected chi connectivity index (χ2v) is 5.45. The second-order valence-electron chi connectivity index (χ2n) is 4.44. The van der Waals surface area contributed by atoms with Crippen molar-refractivity contribution in [3.63, 3.8) is 0 Å². The molecule has 0 bridgehead atoms. The van der Waals surface area contributed by atoms with Crippen LogP contribution >= 0.6 is 11.8 Å². The summed E-state index contributed by atoms with van der Waals surface area (Å²) >= 11 is 1.88. The van der Waals surface area contributed by atoms with Crippen LogP contribution in [-0.2, 0) is 4.74 Å². The van der Waals surface area contributed by atoms with Gasteiger partial charge in [0.1, 0.15) is 0 Å². The largest absolute Gasteiger partial charge is 0.380 e. The molecule has 3 unspecified atom stereocenters. The highest BCUT2D eigenvalue weighted by atomic mass is 32.2. The van der Waals surface area contributed by atoms with E-state index >= 15 is 0 Å². The van der Waals surface area contributed by atoms with Crippen molar-refractivity contribution in [1.29, 1.82) is 0 Å². The Balaban J connectivity index is 1.84. The first-order valence-corrected chi connectivity index (χ1v) is 6.74. The molecule has 0 amide bonds. The lowest BCUT2D eigenvalue weighted by molar-refractivity contribution is 0.125. The van der Waals surface area contributed by atoms with Crippen LogP contribution in [0.2, 0.25) is 0 Å². The number of aliphatic imine (C=N–C) groups is 1. The molecule has 0 spiro atoms. The summed E-state index contributed by atoms with van der Waals surface area (Å²) in [5.41, 5.74) is 0. The van der Waals surface area contributed by atoms with Crippen LogP contribution in [0.4, 0.5) is 0 Å². The minimum atomic E-state index is 0.223. The molecule has 1 aliphatic carbocycles. The number of hydrogen-bond donors (Lipinski definition) is 1. The van der Waals surface area contributed by atoms with Gasteiger partial charge in [-0.05, 0) is 25.7 Å². The fourth-order valence-electron chi connectivity index (χ4n) is 2.19. The van der Waals surface area contributed by atoms with Crippen LogP contribution in [0.3, 0.4) is 0 Å². The number of methoxy groups -OCH3 is 1. The molecule has 1 saturated carbocycles. The van der Waals surface area contributed by atoms with Crippen molar-refractivity contribution in [2.24, 2.45) is 10.9 Å². The van der Waals surface area contributed by atoms with Gasteiger partial charge >= 0.3 is 0 Å². The number of amidine groups is 1. The molecule has 15 heavy (non-hydrogen) atoms. The summed E-state index contributed by atoms with van der Waals surface area (Å²) in [6.07, 6.45) is 4.32. The molecular formula is C11H20N2OS. The molecule has 1 saturated heterocycles. The van der Waals surface area contributed by atoms with Crippen molar-refractivity contribution >= 4 is 16.9 Å². The van der Waals surface area contributed by atoms with Crippen molar-refractivity contribution in [2.45, 2.75) is 38.3 Å². The third-order valence-corrected chi connectivity index (χ3v) is 4.41. The summed E-state index contributed by atoms with van der Waals surface area (Å²) in [4.78, 5) is 4.56. The Kier molecular flexibility index (Phi) is 3.92. The molecule has 2 aliphatic rings. The maximum Gasteiger partial charge on any atom is 0.156 e. The maximum atomic E-state index is 5.18. The molecule has 86 valence electrons. The summed E-state index contributed by atoms with van der Waals surface area (Å²) in [5.74, 6) is 2.13. The molecule has 3 atom stereocenters. The number of nitrogens with zero attached hydrogens (tertiary/aromatic N) is 1. The molecule has 2 rings (SSSR count). The van der Waals surface area contributed by atoms with E-state index in [0.29, 0.717) is 6.04 Å². The Morgan fingerprint density at radius 3 is 3.27 bits per heavy atom. The van der Waals surface area contributed by atoms with Gasteiger partial charge in [0.25, 0.3) is 0 Å². The van der Waals surface area contributed by atoms with E-state index in [9.17, 15) is 0 Å². The first-order valence-electron chi connectivity index (χ1n) is 5.76. The summed E-state index contributed by atoms with van der Waals surface area (Å²) < 4.78 is 5.18. The molecule has 4 heteroatoms. The van der Waals surface area contributed by atoms with Crippen molar-refractivity contribution in [3.05, 3.63) is 0 Å². The van der Waals surface area contributed by atoms with Crippen LogP contribution in [0.15, 0.2) is 4.99 Å². The number of hydrogen-bond acceptors (Lipinski definition) is 3. The smallest absolute Gasteiger partial charge is 0.156 e. The highest BCUT2D eigenvalue weighted by molar-refractivity contribution is 8.13. The van der Waals surface area contributed by atoms with Gasteiger partial charge in [-0.25, -0.2) is 0 Å². The van der Waals surface area contributed by atoms with Crippen LogP contribution in [0.25, 0.3) is 0 Å². The van der Waals surface area contributed by atoms with E-state index in [-0.39, 0.29) is 6.10 Å². The van der Waals surface area contributed by atoms with Crippen molar-refractivity contribution in [1.82, 2.24) is 5.32 Å². The maximum absolute atomic E-state index is 5.18. The van der Waals surface area contributed by atoms with Crippen molar-refractivity contribution in [3.8, 4) is 0 Å².